The van der Waals surface area contributed by atoms with E-state index in [0.717, 1.165) is 5.56 Å². The van der Waals surface area contributed by atoms with Gasteiger partial charge in [-0.3, -0.25) is 9.59 Å². The summed E-state index contributed by atoms with van der Waals surface area (Å²) in [5.41, 5.74) is 7.15. The molecule has 0 radical (unpaired) electrons. The van der Waals surface area contributed by atoms with Crippen molar-refractivity contribution in [3.63, 3.8) is 0 Å². The first-order valence-corrected chi connectivity index (χ1v) is 7.50. The van der Waals surface area contributed by atoms with E-state index < -0.39 is 29.9 Å². The van der Waals surface area contributed by atoms with E-state index in [4.69, 9.17) is 10.5 Å². The third-order valence-electron chi connectivity index (χ3n) is 3.89. The Bertz CT molecular complexity index is 789. The first-order chi connectivity index (χ1) is 11.6. The number of nitrogens with one attached hydrogen (secondary N) is 1. The fraction of sp³-hybridized carbons (Fsp3) is 0.167. The van der Waals surface area contributed by atoms with Crippen molar-refractivity contribution in [2.75, 3.05) is 0 Å². The topological polar surface area (TPSA) is 98.5 Å². The predicted molar refractivity (Wildman–Crippen MR) is 85.9 cm³/mol. The zero-order valence-corrected chi connectivity index (χ0v) is 12.8. The molecule has 0 aromatic heterocycles. The van der Waals surface area contributed by atoms with Gasteiger partial charge in [0.15, 0.2) is 6.10 Å². The summed E-state index contributed by atoms with van der Waals surface area (Å²) in [5.74, 6) is -1.78. The molecular formula is C18H16N2O4. The molecule has 0 spiro atoms. The summed E-state index contributed by atoms with van der Waals surface area (Å²) in [6.45, 7) is 0. The van der Waals surface area contributed by atoms with Gasteiger partial charge in [0.1, 0.15) is 6.04 Å². The van der Waals surface area contributed by atoms with Crippen molar-refractivity contribution < 1.29 is 19.1 Å². The molecule has 0 unspecified atom stereocenters. The smallest absolute Gasteiger partial charge is 0.339 e. The lowest BCUT2D eigenvalue weighted by molar-refractivity contribution is -0.134. The third kappa shape index (κ3) is 3.12. The maximum atomic E-state index is 12.4. The van der Waals surface area contributed by atoms with Crippen molar-refractivity contribution in [2.45, 2.75) is 18.6 Å². The molecule has 0 saturated carbocycles. The van der Waals surface area contributed by atoms with E-state index in [0.29, 0.717) is 11.1 Å². The number of hydrogen-bond acceptors (Lipinski definition) is 4. The third-order valence-corrected chi connectivity index (χ3v) is 3.89. The molecule has 2 atom stereocenters. The van der Waals surface area contributed by atoms with Gasteiger partial charge in [-0.15, -0.1) is 0 Å². The van der Waals surface area contributed by atoms with Crippen LogP contribution in [0.15, 0.2) is 54.6 Å². The number of nitrogens with two attached hydrogens (primary N) is 1. The lowest BCUT2D eigenvalue weighted by atomic mass is 9.98. The Morgan fingerprint density at radius 2 is 1.75 bits per heavy atom. The number of hydrogen-bond donors (Lipinski definition) is 2. The van der Waals surface area contributed by atoms with Crippen molar-refractivity contribution in [3.8, 4) is 0 Å². The second kappa shape index (κ2) is 6.54. The van der Waals surface area contributed by atoms with Crippen LogP contribution < -0.4 is 11.1 Å². The molecule has 122 valence electrons. The lowest BCUT2D eigenvalue weighted by Gasteiger charge is -2.25. The minimum atomic E-state index is -0.988. The van der Waals surface area contributed by atoms with E-state index in [1.807, 2.05) is 0 Å². The Morgan fingerprint density at radius 3 is 2.46 bits per heavy atom. The fourth-order valence-corrected chi connectivity index (χ4v) is 2.68. The summed E-state index contributed by atoms with van der Waals surface area (Å²) in [4.78, 5) is 36.1. The molecular weight excluding hydrogens is 308 g/mol. The number of primary amides is 1. The zero-order chi connectivity index (χ0) is 17.1. The number of carbonyl (C=O) groups is 3. The van der Waals surface area contributed by atoms with Crippen LogP contribution in [0.4, 0.5) is 0 Å². The van der Waals surface area contributed by atoms with Crippen molar-refractivity contribution in [3.05, 3.63) is 71.3 Å². The highest BCUT2D eigenvalue weighted by molar-refractivity contribution is 5.96. The van der Waals surface area contributed by atoms with Crippen LogP contribution in [0.2, 0.25) is 0 Å². The van der Waals surface area contributed by atoms with Crippen molar-refractivity contribution in [1.82, 2.24) is 5.32 Å². The van der Waals surface area contributed by atoms with Gasteiger partial charge in [-0.05, 0) is 17.2 Å². The van der Waals surface area contributed by atoms with E-state index in [9.17, 15) is 14.4 Å². The Hall–Kier alpha value is -3.15. The summed E-state index contributed by atoms with van der Waals surface area (Å²) in [6.07, 6.45) is -0.730. The van der Waals surface area contributed by atoms with Crippen LogP contribution in [-0.2, 0) is 20.7 Å². The molecule has 0 aliphatic carbocycles. The second-order valence-electron chi connectivity index (χ2n) is 5.51. The minimum Gasteiger partial charge on any atom is -0.448 e. The Labute approximate surface area is 138 Å². The van der Waals surface area contributed by atoms with Crippen LogP contribution in [0.3, 0.4) is 0 Å². The SMILES string of the molecule is NC(=O)[C@H](NC(=O)[C@@H]1Cc2ccccc2C(=O)O1)c1ccccc1. The molecule has 1 heterocycles. The van der Waals surface area contributed by atoms with Gasteiger partial charge in [-0.25, -0.2) is 4.79 Å². The molecule has 3 rings (SSSR count). The van der Waals surface area contributed by atoms with E-state index in [1.54, 1.807) is 54.6 Å². The number of benzene rings is 2. The van der Waals surface area contributed by atoms with Gasteiger partial charge in [0, 0.05) is 6.42 Å². The van der Waals surface area contributed by atoms with E-state index in [2.05, 4.69) is 5.32 Å². The maximum absolute atomic E-state index is 12.4. The molecule has 0 fully saturated rings. The number of fused-ring (bicyclic) bond motifs is 1. The highest BCUT2D eigenvalue weighted by Crippen LogP contribution is 2.21. The Kier molecular flexibility index (Phi) is 4.29. The molecule has 1 aliphatic rings. The van der Waals surface area contributed by atoms with Crippen LogP contribution >= 0.6 is 0 Å². The van der Waals surface area contributed by atoms with E-state index in [1.165, 1.54) is 0 Å². The molecule has 6 heteroatoms. The van der Waals surface area contributed by atoms with Crippen LogP contribution in [0.1, 0.15) is 27.5 Å². The average molecular weight is 324 g/mol. The van der Waals surface area contributed by atoms with Gasteiger partial charge in [0.05, 0.1) is 5.56 Å². The number of carbonyl (C=O) groups excluding carboxylic acids is 3. The quantitative estimate of drug-likeness (QED) is 0.823. The van der Waals surface area contributed by atoms with Crippen molar-refractivity contribution in [1.29, 1.82) is 0 Å². The highest BCUT2D eigenvalue weighted by atomic mass is 16.5. The number of ether oxygens (including phenoxy) is 1. The largest absolute Gasteiger partial charge is 0.448 e. The number of amides is 2. The van der Waals surface area contributed by atoms with Crippen LogP contribution in [0, 0.1) is 0 Å². The van der Waals surface area contributed by atoms with Crippen molar-refractivity contribution in [2.24, 2.45) is 5.73 Å². The normalized spacial score (nSPS) is 17.3. The summed E-state index contributed by atoms with van der Waals surface area (Å²) in [7, 11) is 0. The van der Waals surface area contributed by atoms with Gasteiger partial charge in [0.25, 0.3) is 5.91 Å². The fourth-order valence-electron chi connectivity index (χ4n) is 2.68. The van der Waals surface area contributed by atoms with Gasteiger partial charge in [-0.1, -0.05) is 48.5 Å². The highest BCUT2D eigenvalue weighted by Gasteiger charge is 2.33. The molecule has 2 aromatic rings. The lowest BCUT2D eigenvalue weighted by Crippen LogP contribution is -2.46. The van der Waals surface area contributed by atoms with Gasteiger partial charge in [-0.2, -0.15) is 0 Å². The average Bonchev–Trinajstić information content (AvgIpc) is 2.60. The molecule has 3 N–H and O–H groups in total. The molecule has 1 aliphatic heterocycles. The summed E-state index contributed by atoms with van der Waals surface area (Å²) in [5, 5.41) is 2.56. The second-order valence-corrected chi connectivity index (χ2v) is 5.51. The van der Waals surface area contributed by atoms with Crippen LogP contribution in [0.5, 0.6) is 0 Å². The molecule has 0 bridgehead atoms. The summed E-state index contributed by atoms with van der Waals surface area (Å²) in [6, 6.07) is 14.7. The van der Waals surface area contributed by atoms with Crippen LogP contribution in [0.25, 0.3) is 0 Å². The minimum absolute atomic E-state index is 0.258. The Morgan fingerprint density at radius 1 is 1.08 bits per heavy atom. The molecule has 24 heavy (non-hydrogen) atoms. The molecule has 6 nitrogen and oxygen atoms in total. The zero-order valence-electron chi connectivity index (χ0n) is 12.8. The molecule has 2 aromatic carbocycles. The Balaban J connectivity index is 1.77. The molecule has 2 amide bonds. The van der Waals surface area contributed by atoms with E-state index >= 15 is 0 Å². The maximum Gasteiger partial charge on any atom is 0.339 e. The summed E-state index contributed by atoms with van der Waals surface area (Å²) >= 11 is 0. The van der Waals surface area contributed by atoms with Crippen LogP contribution in [-0.4, -0.2) is 23.9 Å². The number of esters is 1. The van der Waals surface area contributed by atoms with Gasteiger partial charge >= 0.3 is 5.97 Å². The first-order valence-electron chi connectivity index (χ1n) is 7.50. The first kappa shape index (κ1) is 15.7. The summed E-state index contributed by atoms with van der Waals surface area (Å²) < 4.78 is 5.19. The van der Waals surface area contributed by atoms with E-state index in [-0.39, 0.29) is 6.42 Å². The standard InChI is InChI=1S/C18H16N2O4/c19-16(21)15(11-6-2-1-3-7-11)20-17(22)14-10-12-8-4-5-9-13(12)18(23)24-14/h1-9,14-15H,10H2,(H2,19,21)(H,20,22)/t14-,15+/m0/s1. The van der Waals surface area contributed by atoms with Gasteiger partial charge < -0.3 is 15.8 Å². The number of cyclic esters (lactones) is 1. The number of rotatable bonds is 4. The van der Waals surface area contributed by atoms with Crippen molar-refractivity contribution >= 4 is 17.8 Å². The molecule has 0 saturated heterocycles. The van der Waals surface area contributed by atoms with Gasteiger partial charge in [0.2, 0.25) is 5.91 Å². The predicted octanol–water partition coefficient (Wildman–Crippen LogP) is 1.11. The monoisotopic (exact) mass is 324 g/mol.